The second-order valence-electron chi connectivity index (χ2n) is 5.39. The summed E-state index contributed by atoms with van der Waals surface area (Å²) in [4.78, 5) is 0. The van der Waals surface area contributed by atoms with Crippen LogP contribution in [0.5, 0.6) is 0 Å². The monoisotopic (exact) mass is 227 g/mol. The molecule has 0 bridgehead atoms. The van der Waals surface area contributed by atoms with Crippen LogP contribution in [0.4, 0.5) is 0 Å². The summed E-state index contributed by atoms with van der Waals surface area (Å²) in [5.41, 5.74) is 0.203. The van der Waals surface area contributed by atoms with E-state index in [1.54, 1.807) is 0 Å². The van der Waals surface area contributed by atoms with Crippen molar-refractivity contribution in [3.8, 4) is 0 Å². The lowest BCUT2D eigenvalue weighted by molar-refractivity contribution is -0.0865. The molecule has 0 spiro atoms. The van der Waals surface area contributed by atoms with Crippen molar-refractivity contribution in [1.82, 2.24) is 5.32 Å². The molecule has 2 nitrogen and oxygen atoms in total. The van der Waals surface area contributed by atoms with E-state index >= 15 is 0 Å². The highest BCUT2D eigenvalue weighted by molar-refractivity contribution is 4.94. The lowest BCUT2D eigenvalue weighted by atomic mass is 9.73. The van der Waals surface area contributed by atoms with Gasteiger partial charge in [-0.15, -0.1) is 0 Å². The Labute approximate surface area is 101 Å². The van der Waals surface area contributed by atoms with E-state index in [0.29, 0.717) is 6.04 Å². The molecule has 1 rings (SSSR count). The summed E-state index contributed by atoms with van der Waals surface area (Å²) >= 11 is 0. The minimum Gasteiger partial charge on any atom is -0.378 e. The van der Waals surface area contributed by atoms with Crippen LogP contribution in [0, 0.1) is 5.92 Å². The molecule has 96 valence electrons. The molecule has 2 unspecified atom stereocenters. The first-order valence-electron chi connectivity index (χ1n) is 6.96. The molecule has 1 N–H and O–H groups in total. The third-order valence-corrected chi connectivity index (χ3v) is 4.28. The predicted octanol–water partition coefficient (Wildman–Crippen LogP) is 3.36. The van der Waals surface area contributed by atoms with Gasteiger partial charge in [-0.3, -0.25) is 0 Å². The molecule has 1 saturated carbocycles. The van der Waals surface area contributed by atoms with Crippen molar-refractivity contribution in [2.45, 2.75) is 70.9 Å². The molecule has 0 amide bonds. The quantitative estimate of drug-likeness (QED) is 0.686. The van der Waals surface area contributed by atoms with Crippen molar-refractivity contribution >= 4 is 0 Å². The average molecular weight is 227 g/mol. The Kier molecular flexibility index (Phi) is 5.77. The topological polar surface area (TPSA) is 21.3 Å². The zero-order valence-corrected chi connectivity index (χ0v) is 11.5. The van der Waals surface area contributed by atoms with Gasteiger partial charge in [0.05, 0.1) is 5.60 Å². The Bertz CT molecular complexity index is 184. The minimum absolute atomic E-state index is 0.203. The normalized spacial score (nSPS) is 22.5. The van der Waals surface area contributed by atoms with Gasteiger partial charge >= 0.3 is 0 Å². The lowest BCUT2D eigenvalue weighted by Gasteiger charge is -2.44. The Morgan fingerprint density at radius 3 is 2.38 bits per heavy atom. The van der Waals surface area contributed by atoms with Crippen molar-refractivity contribution < 1.29 is 4.74 Å². The van der Waals surface area contributed by atoms with Crippen LogP contribution in [0.2, 0.25) is 0 Å². The summed E-state index contributed by atoms with van der Waals surface area (Å²) in [7, 11) is 1.88. The molecule has 0 saturated heterocycles. The summed E-state index contributed by atoms with van der Waals surface area (Å²) in [5, 5.41) is 3.70. The summed E-state index contributed by atoms with van der Waals surface area (Å²) < 4.78 is 5.74. The van der Waals surface area contributed by atoms with Gasteiger partial charge in [-0.05, 0) is 44.6 Å². The largest absolute Gasteiger partial charge is 0.378 e. The first kappa shape index (κ1) is 14.0. The fraction of sp³-hybridized carbons (Fsp3) is 1.00. The molecule has 0 aromatic rings. The van der Waals surface area contributed by atoms with E-state index in [4.69, 9.17) is 4.74 Å². The van der Waals surface area contributed by atoms with E-state index in [9.17, 15) is 0 Å². The van der Waals surface area contributed by atoms with Gasteiger partial charge in [0, 0.05) is 13.2 Å². The first-order chi connectivity index (χ1) is 7.67. The van der Waals surface area contributed by atoms with Gasteiger partial charge < -0.3 is 10.1 Å². The van der Waals surface area contributed by atoms with Crippen LogP contribution in [0.25, 0.3) is 0 Å². The number of nitrogens with one attached hydrogen (secondary N) is 1. The summed E-state index contributed by atoms with van der Waals surface area (Å²) in [6.07, 6.45) is 7.51. The van der Waals surface area contributed by atoms with Crippen molar-refractivity contribution in [1.29, 1.82) is 0 Å². The molecule has 0 aromatic heterocycles. The van der Waals surface area contributed by atoms with Gasteiger partial charge in [0.25, 0.3) is 0 Å². The van der Waals surface area contributed by atoms with Gasteiger partial charge in [-0.2, -0.15) is 0 Å². The fourth-order valence-electron chi connectivity index (χ4n) is 2.55. The third-order valence-electron chi connectivity index (χ3n) is 4.28. The van der Waals surface area contributed by atoms with Gasteiger partial charge in [0.1, 0.15) is 0 Å². The van der Waals surface area contributed by atoms with Gasteiger partial charge in [0.15, 0.2) is 0 Å². The SMILES string of the molecule is CCCNC(CC1(OC)CCC1)C(C)CC. The maximum atomic E-state index is 5.74. The van der Waals surface area contributed by atoms with E-state index in [-0.39, 0.29) is 5.60 Å². The van der Waals surface area contributed by atoms with Gasteiger partial charge in [-0.1, -0.05) is 27.2 Å². The molecule has 0 aromatic carbocycles. The smallest absolute Gasteiger partial charge is 0.0693 e. The zero-order valence-electron chi connectivity index (χ0n) is 11.5. The Morgan fingerprint density at radius 1 is 1.31 bits per heavy atom. The lowest BCUT2D eigenvalue weighted by Crippen LogP contribution is -2.48. The van der Waals surface area contributed by atoms with Crippen LogP contribution in [0.3, 0.4) is 0 Å². The molecule has 0 heterocycles. The molecule has 2 atom stereocenters. The van der Waals surface area contributed by atoms with E-state index in [1.807, 2.05) is 7.11 Å². The number of rotatable bonds is 8. The molecule has 1 aliphatic rings. The Morgan fingerprint density at radius 2 is 2.00 bits per heavy atom. The minimum atomic E-state index is 0.203. The Hall–Kier alpha value is -0.0800. The number of ether oxygens (including phenoxy) is 1. The highest BCUT2D eigenvalue weighted by Crippen LogP contribution is 2.40. The standard InChI is InChI=1S/C14H29NO/c1-5-10-15-13(12(3)6-2)11-14(16-4)8-7-9-14/h12-13,15H,5-11H2,1-4H3. The number of hydrogen-bond donors (Lipinski definition) is 1. The molecular weight excluding hydrogens is 198 g/mol. The highest BCUT2D eigenvalue weighted by Gasteiger charge is 2.39. The summed E-state index contributed by atoms with van der Waals surface area (Å²) in [6.45, 7) is 8.01. The van der Waals surface area contributed by atoms with Crippen molar-refractivity contribution in [3.05, 3.63) is 0 Å². The highest BCUT2D eigenvalue weighted by atomic mass is 16.5. The summed E-state index contributed by atoms with van der Waals surface area (Å²) in [5.74, 6) is 0.749. The van der Waals surface area contributed by atoms with E-state index in [0.717, 1.165) is 12.5 Å². The Balaban J connectivity index is 2.47. The van der Waals surface area contributed by atoms with Crippen molar-refractivity contribution in [2.75, 3.05) is 13.7 Å². The van der Waals surface area contributed by atoms with Crippen LogP contribution in [0.15, 0.2) is 0 Å². The molecule has 0 aliphatic heterocycles. The van der Waals surface area contributed by atoms with E-state index in [2.05, 4.69) is 26.1 Å². The maximum Gasteiger partial charge on any atom is 0.0693 e. The zero-order chi connectivity index (χ0) is 12.0. The number of hydrogen-bond acceptors (Lipinski definition) is 2. The average Bonchev–Trinajstić information content (AvgIpc) is 2.26. The van der Waals surface area contributed by atoms with Crippen LogP contribution < -0.4 is 5.32 Å². The van der Waals surface area contributed by atoms with Gasteiger partial charge in [0.2, 0.25) is 0 Å². The molecule has 16 heavy (non-hydrogen) atoms. The molecule has 2 heteroatoms. The number of methoxy groups -OCH3 is 1. The van der Waals surface area contributed by atoms with Crippen molar-refractivity contribution in [3.63, 3.8) is 0 Å². The third kappa shape index (κ3) is 3.46. The van der Waals surface area contributed by atoms with Crippen LogP contribution in [-0.2, 0) is 4.74 Å². The maximum absolute atomic E-state index is 5.74. The van der Waals surface area contributed by atoms with E-state index in [1.165, 1.54) is 38.5 Å². The van der Waals surface area contributed by atoms with Crippen LogP contribution in [0.1, 0.15) is 59.3 Å². The van der Waals surface area contributed by atoms with Crippen molar-refractivity contribution in [2.24, 2.45) is 5.92 Å². The van der Waals surface area contributed by atoms with E-state index < -0.39 is 0 Å². The second kappa shape index (κ2) is 6.61. The second-order valence-corrected chi connectivity index (χ2v) is 5.39. The predicted molar refractivity (Wildman–Crippen MR) is 69.7 cm³/mol. The molecule has 1 aliphatic carbocycles. The van der Waals surface area contributed by atoms with Gasteiger partial charge in [-0.25, -0.2) is 0 Å². The summed E-state index contributed by atoms with van der Waals surface area (Å²) in [6, 6.07) is 0.630. The molecule has 0 radical (unpaired) electrons. The molecule has 1 fully saturated rings. The molecular formula is C14H29NO. The fourth-order valence-corrected chi connectivity index (χ4v) is 2.55. The van der Waals surface area contributed by atoms with Crippen LogP contribution >= 0.6 is 0 Å². The first-order valence-corrected chi connectivity index (χ1v) is 6.96. The van der Waals surface area contributed by atoms with Crippen LogP contribution in [-0.4, -0.2) is 25.3 Å².